The normalized spacial score (nSPS) is 30.4. The molecule has 1 saturated heterocycles. The third-order valence-corrected chi connectivity index (χ3v) is 4.11. The molecule has 1 aromatic heterocycles. The van der Waals surface area contributed by atoms with Crippen molar-refractivity contribution in [2.45, 2.75) is 37.1 Å². The number of aromatic amines is 1. The lowest BCUT2D eigenvalue weighted by molar-refractivity contribution is -0.292. The van der Waals surface area contributed by atoms with Gasteiger partial charge in [-0.05, 0) is 11.6 Å². The van der Waals surface area contributed by atoms with Crippen molar-refractivity contribution in [2.75, 3.05) is 6.61 Å². The lowest BCUT2D eigenvalue weighted by Crippen LogP contribution is -2.59. The fraction of sp³-hybridized carbons (Fsp3) is 0.438. The van der Waals surface area contributed by atoms with Crippen LogP contribution in [0.3, 0.4) is 0 Å². The molecular weight excluding hydrogens is 318 g/mol. The summed E-state index contributed by atoms with van der Waals surface area (Å²) in [6, 6.07) is 7.46. The minimum absolute atomic E-state index is 0.0565. The summed E-state index contributed by atoms with van der Waals surface area (Å²) in [6.07, 6.45) is -5.62. The second-order valence-corrected chi connectivity index (χ2v) is 5.72. The van der Waals surface area contributed by atoms with Gasteiger partial charge in [0.15, 0.2) is 0 Å². The molecule has 2 heterocycles. The molecule has 0 spiro atoms. The molecule has 0 aliphatic carbocycles. The summed E-state index contributed by atoms with van der Waals surface area (Å²) in [4.78, 5) is 15.2. The molecule has 5 N–H and O–H groups in total. The highest BCUT2D eigenvalue weighted by Gasteiger charge is 2.45. The van der Waals surface area contributed by atoms with Crippen LogP contribution in [0, 0.1) is 0 Å². The number of hydrogen-bond acceptors (Lipinski definition) is 7. The number of aliphatic hydroxyl groups is 4. The number of esters is 1. The number of benzene rings is 1. The summed E-state index contributed by atoms with van der Waals surface area (Å²) in [5.41, 5.74) is 1.60. The van der Waals surface area contributed by atoms with E-state index in [4.69, 9.17) is 14.6 Å². The zero-order chi connectivity index (χ0) is 17.3. The van der Waals surface area contributed by atoms with Gasteiger partial charge < -0.3 is 34.9 Å². The van der Waals surface area contributed by atoms with Crippen molar-refractivity contribution in [3.8, 4) is 0 Å². The van der Waals surface area contributed by atoms with Crippen LogP contribution in [-0.4, -0.2) is 68.7 Å². The molecule has 0 amide bonds. The lowest BCUT2D eigenvalue weighted by atomic mass is 9.99. The summed E-state index contributed by atoms with van der Waals surface area (Å²) in [5, 5.41) is 39.3. The highest BCUT2D eigenvalue weighted by atomic mass is 16.7. The molecule has 1 fully saturated rings. The smallest absolute Gasteiger partial charge is 0.312 e. The molecule has 2 unspecified atom stereocenters. The van der Waals surface area contributed by atoms with Crippen LogP contribution >= 0.6 is 0 Å². The second-order valence-electron chi connectivity index (χ2n) is 5.72. The number of fused-ring (bicyclic) bond motifs is 1. The molecule has 0 radical (unpaired) electrons. The van der Waals surface area contributed by atoms with Crippen molar-refractivity contribution in [2.24, 2.45) is 0 Å². The maximum Gasteiger partial charge on any atom is 0.312 e. The maximum atomic E-state index is 12.1. The predicted octanol–water partition coefficient (Wildman–Crippen LogP) is -0.947. The molecule has 0 bridgehead atoms. The van der Waals surface area contributed by atoms with Crippen molar-refractivity contribution in [3.63, 3.8) is 0 Å². The highest BCUT2D eigenvalue weighted by Crippen LogP contribution is 2.23. The Morgan fingerprint density at radius 3 is 2.67 bits per heavy atom. The lowest BCUT2D eigenvalue weighted by Gasteiger charge is -2.39. The predicted molar refractivity (Wildman–Crippen MR) is 81.9 cm³/mol. The van der Waals surface area contributed by atoms with Gasteiger partial charge in [-0.25, -0.2) is 0 Å². The van der Waals surface area contributed by atoms with Crippen molar-refractivity contribution < 1.29 is 34.7 Å². The second kappa shape index (κ2) is 6.88. The Labute approximate surface area is 137 Å². The first-order valence-electron chi connectivity index (χ1n) is 7.56. The molecule has 1 aliphatic heterocycles. The van der Waals surface area contributed by atoms with Crippen molar-refractivity contribution in [3.05, 3.63) is 36.0 Å². The van der Waals surface area contributed by atoms with Gasteiger partial charge in [-0.3, -0.25) is 4.79 Å². The van der Waals surface area contributed by atoms with E-state index in [9.17, 15) is 20.1 Å². The summed E-state index contributed by atoms with van der Waals surface area (Å²) in [7, 11) is 0. The number of nitrogens with one attached hydrogen (secondary N) is 1. The van der Waals surface area contributed by atoms with E-state index in [-0.39, 0.29) is 6.42 Å². The zero-order valence-corrected chi connectivity index (χ0v) is 12.7. The largest absolute Gasteiger partial charge is 0.432 e. The van der Waals surface area contributed by atoms with E-state index in [0.29, 0.717) is 0 Å². The average molecular weight is 337 g/mol. The Bertz CT molecular complexity index is 713. The van der Waals surface area contributed by atoms with Gasteiger partial charge in [0, 0.05) is 17.1 Å². The van der Waals surface area contributed by atoms with E-state index in [0.717, 1.165) is 16.5 Å². The van der Waals surface area contributed by atoms with Crippen LogP contribution in [0.2, 0.25) is 0 Å². The molecule has 2 aromatic rings. The van der Waals surface area contributed by atoms with Gasteiger partial charge in [0.25, 0.3) is 0 Å². The zero-order valence-electron chi connectivity index (χ0n) is 12.7. The summed E-state index contributed by atoms with van der Waals surface area (Å²) < 4.78 is 10.2. The maximum absolute atomic E-state index is 12.1. The molecule has 3 rings (SSSR count). The van der Waals surface area contributed by atoms with Gasteiger partial charge in [0.1, 0.15) is 24.4 Å². The number of aromatic nitrogens is 1. The number of rotatable bonds is 4. The Balaban J connectivity index is 1.68. The number of hydrogen-bond donors (Lipinski definition) is 5. The summed E-state index contributed by atoms with van der Waals surface area (Å²) in [6.45, 7) is -0.582. The topological polar surface area (TPSA) is 132 Å². The minimum atomic E-state index is -1.60. The van der Waals surface area contributed by atoms with Crippen LogP contribution in [0.4, 0.5) is 0 Å². The van der Waals surface area contributed by atoms with E-state index < -0.39 is 43.3 Å². The monoisotopic (exact) mass is 337 g/mol. The molecule has 1 aliphatic rings. The Morgan fingerprint density at radius 2 is 1.92 bits per heavy atom. The van der Waals surface area contributed by atoms with Gasteiger partial charge in [-0.1, -0.05) is 18.2 Å². The minimum Gasteiger partial charge on any atom is -0.432 e. The molecular formula is C16H19NO7. The Kier molecular flexibility index (Phi) is 4.83. The molecule has 0 saturated carbocycles. The molecule has 24 heavy (non-hydrogen) atoms. The first-order valence-corrected chi connectivity index (χ1v) is 7.56. The first kappa shape index (κ1) is 16.9. The van der Waals surface area contributed by atoms with Gasteiger partial charge in [0.2, 0.25) is 6.29 Å². The van der Waals surface area contributed by atoms with Gasteiger partial charge in [0.05, 0.1) is 13.0 Å². The molecule has 130 valence electrons. The Hall–Kier alpha value is -1.97. The van der Waals surface area contributed by atoms with Gasteiger partial charge in [-0.15, -0.1) is 0 Å². The van der Waals surface area contributed by atoms with Crippen LogP contribution in [0.25, 0.3) is 10.9 Å². The standard InChI is InChI=1S/C16H19NO7/c18-7-11-13(20)14(21)15(22)16(23-11)24-12(19)5-8-6-17-10-4-2-1-3-9(8)10/h1-4,6,11,13-18,20-22H,5,7H2/t11?,13-,14?,15+,16+/m1/s1. The van der Waals surface area contributed by atoms with Crippen LogP contribution in [0.15, 0.2) is 30.5 Å². The van der Waals surface area contributed by atoms with Gasteiger partial charge in [-0.2, -0.15) is 0 Å². The third-order valence-electron chi connectivity index (χ3n) is 4.11. The average Bonchev–Trinajstić information content (AvgIpc) is 2.98. The number of ether oxygens (including phenoxy) is 2. The van der Waals surface area contributed by atoms with Crippen LogP contribution in [0.1, 0.15) is 5.56 Å². The van der Waals surface area contributed by atoms with E-state index in [2.05, 4.69) is 4.98 Å². The fourth-order valence-corrected chi connectivity index (χ4v) is 2.77. The summed E-state index contributed by atoms with van der Waals surface area (Å²) in [5.74, 6) is -0.663. The van der Waals surface area contributed by atoms with Gasteiger partial charge >= 0.3 is 5.97 Å². The Morgan fingerprint density at radius 1 is 1.17 bits per heavy atom. The SMILES string of the molecule is O=C(Cc1c[nH]c2ccccc12)O[C@@H]1OC(CO)[C@@H](O)C(O)[C@@H]1O. The number of H-pyrrole nitrogens is 1. The number of para-hydroxylation sites is 1. The van der Waals surface area contributed by atoms with Crippen molar-refractivity contribution >= 4 is 16.9 Å². The van der Waals surface area contributed by atoms with Crippen molar-refractivity contribution in [1.82, 2.24) is 4.98 Å². The molecule has 1 aromatic carbocycles. The molecule has 8 heteroatoms. The third kappa shape index (κ3) is 3.14. The van der Waals surface area contributed by atoms with Crippen LogP contribution < -0.4 is 0 Å². The first-order chi connectivity index (χ1) is 11.5. The van der Waals surface area contributed by atoms with E-state index >= 15 is 0 Å². The number of aliphatic hydroxyl groups excluding tert-OH is 4. The molecule has 5 atom stereocenters. The van der Waals surface area contributed by atoms with E-state index in [1.54, 1.807) is 6.20 Å². The van der Waals surface area contributed by atoms with E-state index in [1.807, 2.05) is 24.3 Å². The van der Waals surface area contributed by atoms with Crippen molar-refractivity contribution in [1.29, 1.82) is 0 Å². The fourth-order valence-electron chi connectivity index (χ4n) is 2.77. The number of carbonyl (C=O) groups is 1. The van der Waals surface area contributed by atoms with E-state index in [1.165, 1.54) is 0 Å². The quantitative estimate of drug-likeness (QED) is 0.455. The summed E-state index contributed by atoms with van der Waals surface area (Å²) >= 11 is 0. The number of carbonyl (C=O) groups excluding carboxylic acids is 1. The molecule has 8 nitrogen and oxygen atoms in total. The van der Waals surface area contributed by atoms with Crippen LogP contribution in [0.5, 0.6) is 0 Å². The van der Waals surface area contributed by atoms with Crippen LogP contribution in [-0.2, 0) is 20.7 Å². The highest BCUT2D eigenvalue weighted by molar-refractivity contribution is 5.87.